The van der Waals surface area contributed by atoms with Gasteiger partial charge in [-0.3, -0.25) is 9.59 Å². The van der Waals surface area contributed by atoms with Crippen LogP contribution in [0, 0.1) is 0 Å². The highest BCUT2D eigenvalue weighted by Gasteiger charge is 2.25. The van der Waals surface area contributed by atoms with Gasteiger partial charge in [0.15, 0.2) is 0 Å². The average molecular weight is 269 g/mol. The number of carbonyl (C=O) groups excluding carboxylic acids is 1. The Morgan fingerprint density at radius 2 is 2.15 bits per heavy atom. The molecule has 20 heavy (non-hydrogen) atoms. The summed E-state index contributed by atoms with van der Waals surface area (Å²) < 4.78 is 0. The Labute approximate surface area is 116 Å². The van der Waals surface area contributed by atoms with Crippen molar-refractivity contribution in [2.75, 3.05) is 17.2 Å². The van der Waals surface area contributed by atoms with Gasteiger partial charge in [-0.05, 0) is 48.7 Å². The molecule has 2 heterocycles. The number of amides is 1. The third-order valence-corrected chi connectivity index (χ3v) is 3.52. The van der Waals surface area contributed by atoms with Gasteiger partial charge in [-0.1, -0.05) is 0 Å². The summed E-state index contributed by atoms with van der Waals surface area (Å²) in [6.07, 6.45) is 3.28. The quantitative estimate of drug-likeness (QED) is 0.771. The Hall–Kier alpha value is -2.56. The molecule has 0 saturated carbocycles. The third-order valence-electron chi connectivity index (χ3n) is 3.52. The zero-order valence-electron chi connectivity index (χ0n) is 10.9. The van der Waals surface area contributed by atoms with Crippen LogP contribution < -0.4 is 16.2 Å². The van der Waals surface area contributed by atoms with Gasteiger partial charge in [0.05, 0.1) is 0 Å². The summed E-state index contributed by atoms with van der Waals surface area (Å²) in [6, 6.07) is 8.72. The number of pyridine rings is 1. The van der Waals surface area contributed by atoms with Gasteiger partial charge in [0.25, 0.3) is 11.5 Å². The minimum Gasteiger partial charge on any atom is -0.399 e. The van der Waals surface area contributed by atoms with Crippen molar-refractivity contribution < 1.29 is 4.79 Å². The third kappa shape index (κ3) is 2.07. The molecule has 5 nitrogen and oxygen atoms in total. The topological polar surface area (TPSA) is 79.2 Å². The summed E-state index contributed by atoms with van der Waals surface area (Å²) in [4.78, 5) is 28.5. The van der Waals surface area contributed by atoms with Gasteiger partial charge in [-0.15, -0.1) is 0 Å². The molecule has 0 radical (unpaired) electrons. The molecular weight excluding hydrogens is 254 g/mol. The summed E-state index contributed by atoms with van der Waals surface area (Å²) in [5.41, 5.74) is 8.17. The van der Waals surface area contributed by atoms with Gasteiger partial charge >= 0.3 is 0 Å². The number of hydrogen-bond acceptors (Lipinski definition) is 3. The van der Waals surface area contributed by atoms with Crippen LogP contribution in [0.2, 0.25) is 0 Å². The number of H-pyrrole nitrogens is 1. The fraction of sp³-hybridized carbons (Fsp3) is 0.200. The van der Waals surface area contributed by atoms with Gasteiger partial charge in [-0.2, -0.15) is 0 Å². The average Bonchev–Trinajstić information content (AvgIpc) is 2.46. The fourth-order valence-electron chi connectivity index (χ4n) is 2.56. The summed E-state index contributed by atoms with van der Waals surface area (Å²) in [7, 11) is 0. The number of anilines is 2. The number of aromatic nitrogens is 1. The van der Waals surface area contributed by atoms with Crippen LogP contribution in [0.3, 0.4) is 0 Å². The Morgan fingerprint density at radius 1 is 1.30 bits per heavy atom. The van der Waals surface area contributed by atoms with E-state index in [0.717, 1.165) is 24.1 Å². The number of fused-ring (bicyclic) bond motifs is 1. The maximum absolute atomic E-state index is 12.5. The van der Waals surface area contributed by atoms with Crippen molar-refractivity contribution in [2.24, 2.45) is 0 Å². The lowest BCUT2D eigenvalue weighted by atomic mass is 10.0. The van der Waals surface area contributed by atoms with Crippen LogP contribution in [-0.2, 0) is 6.42 Å². The van der Waals surface area contributed by atoms with Crippen molar-refractivity contribution in [2.45, 2.75) is 12.8 Å². The standard InChI is InChI=1S/C15H15N3O2/c16-11-5-6-13-10(9-11)3-2-8-18(13)15(20)12-4-1-7-17-14(12)19/h1,4-7,9H,2-3,8,16H2,(H,17,19). The van der Waals surface area contributed by atoms with E-state index in [-0.39, 0.29) is 17.0 Å². The smallest absolute Gasteiger partial charge is 0.263 e. The molecule has 3 N–H and O–H groups in total. The fourth-order valence-corrected chi connectivity index (χ4v) is 2.56. The second-order valence-electron chi connectivity index (χ2n) is 4.86. The molecule has 0 aliphatic carbocycles. The molecule has 0 saturated heterocycles. The maximum Gasteiger partial charge on any atom is 0.263 e. The Kier molecular flexibility index (Phi) is 3.02. The van der Waals surface area contributed by atoms with Crippen molar-refractivity contribution >= 4 is 17.3 Å². The van der Waals surface area contributed by atoms with E-state index in [2.05, 4.69) is 4.98 Å². The van der Waals surface area contributed by atoms with Crippen molar-refractivity contribution in [3.05, 3.63) is 58.0 Å². The minimum absolute atomic E-state index is 0.164. The van der Waals surface area contributed by atoms with E-state index in [1.54, 1.807) is 23.1 Å². The molecule has 3 rings (SSSR count). The first-order valence-corrected chi connectivity index (χ1v) is 6.55. The molecular formula is C15H15N3O2. The first-order chi connectivity index (χ1) is 9.66. The van der Waals surface area contributed by atoms with E-state index in [0.29, 0.717) is 12.2 Å². The second kappa shape index (κ2) is 4.85. The number of carbonyl (C=O) groups is 1. The van der Waals surface area contributed by atoms with E-state index in [4.69, 9.17) is 5.73 Å². The summed E-state index contributed by atoms with van der Waals surface area (Å²) in [5.74, 6) is -0.266. The van der Waals surface area contributed by atoms with Crippen LogP contribution in [0.5, 0.6) is 0 Å². The van der Waals surface area contributed by atoms with Crippen molar-refractivity contribution in [3.8, 4) is 0 Å². The van der Waals surface area contributed by atoms with Crippen LogP contribution in [0.15, 0.2) is 41.3 Å². The number of nitrogens with two attached hydrogens (primary N) is 1. The zero-order chi connectivity index (χ0) is 14.1. The van der Waals surface area contributed by atoms with Crippen LogP contribution in [0.25, 0.3) is 0 Å². The van der Waals surface area contributed by atoms with Crippen molar-refractivity contribution in [3.63, 3.8) is 0 Å². The lowest BCUT2D eigenvalue weighted by Gasteiger charge is -2.29. The SMILES string of the molecule is Nc1ccc2c(c1)CCCN2C(=O)c1ccc[nH]c1=O. The van der Waals surface area contributed by atoms with Gasteiger partial charge < -0.3 is 15.6 Å². The van der Waals surface area contributed by atoms with E-state index in [9.17, 15) is 9.59 Å². The molecule has 102 valence electrons. The molecule has 0 bridgehead atoms. The molecule has 1 aromatic heterocycles. The predicted molar refractivity (Wildman–Crippen MR) is 77.9 cm³/mol. The van der Waals surface area contributed by atoms with Gasteiger partial charge in [0.1, 0.15) is 5.56 Å². The Bertz CT molecular complexity index is 721. The maximum atomic E-state index is 12.5. The van der Waals surface area contributed by atoms with Gasteiger partial charge in [0.2, 0.25) is 0 Å². The largest absolute Gasteiger partial charge is 0.399 e. The Balaban J connectivity index is 2.03. The van der Waals surface area contributed by atoms with E-state index >= 15 is 0 Å². The number of nitrogen functional groups attached to an aromatic ring is 1. The van der Waals surface area contributed by atoms with Crippen LogP contribution in [0.1, 0.15) is 22.3 Å². The molecule has 0 atom stereocenters. The zero-order valence-corrected chi connectivity index (χ0v) is 10.9. The van der Waals surface area contributed by atoms with Crippen molar-refractivity contribution in [1.82, 2.24) is 4.98 Å². The predicted octanol–water partition coefficient (Wildman–Crippen LogP) is 1.55. The summed E-state index contributed by atoms with van der Waals surface area (Å²) in [6.45, 7) is 0.615. The Morgan fingerprint density at radius 3 is 2.95 bits per heavy atom. The minimum atomic E-state index is -0.361. The molecule has 2 aromatic rings. The van der Waals surface area contributed by atoms with E-state index < -0.39 is 0 Å². The molecule has 1 aliphatic rings. The van der Waals surface area contributed by atoms with E-state index in [1.807, 2.05) is 12.1 Å². The second-order valence-corrected chi connectivity index (χ2v) is 4.86. The van der Waals surface area contributed by atoms with Gasteiger partial charge in [-0.25, -0.2) is 0 Å². The van der Waals surface area contributed by atoms with Crippen LogP contribution in [0.4, 0.5) is 11.4 Å². The van der Waals surface area contributed by atoms with E-state index in [1.165, 1.54) is 6.20 Å². The number of aryl methyl sites for hydroxylation is 1. The monoisotopic (exact) mass is 269 g/mol. The van der Waals surface area contributed by atoms with Crippen LogP contribution in [-0.4, -0.2) is 17.4 Å². The molecule has 5 heteroatoms. The highest BCUT2D eigenvalue weighted by atomic mass is 16.2. The number of nitrogens with zero attached hydrogens (tertiary/aromatic N) is 1. The van der Waals surface area contributed by atoms with Gasteiger partial charge in [0, 0.05) is 24.1 Å². The number of benzene rings is 1. The normalized spacial score (nSPS) is 13.9. The number of nitrogens with one attached hydrogen (secondary N) is 1. The summed E-state index contributed by atoms with van der Waals surface area (Å²) in [5, 5.41) is 0. The highest BCUT2D eigenvalue weighted by Crippen LogP contribution is 2.29. The molecule has 0 fully saturated rings. The first kappa shape index (κ1) is 12.5. The molecule has 0 unspecified atom stereocenters. The first-order valence-electron chi connectivity index (χ1n) is 6.55. The molecule has 1 aliphatic heterocycles. The van der Waals surface area contributed by atoms with Crippen LogP contribution >= 0.6 is 0 Å². The number of rotatable bonds is 1. The lowest BCUT2D eigenvalue weighted by molar-refractivity contribution is 0.0983. The summed E-state index contributed by atoms with van der Waals surface area (Å²) >= 11 is 0. The molecule has 1 aromatic carbocycles. The highest BCUT2D eigenvalue weighted by molar-refractivity contribution is 6.06. The van der Waals surface area contributed by atoms with Crippen molar-refractivity contribution in [1.29, 1.82) is 0 Å². The molecule has 1 amide bonds. The molecule has 0 spiro atoms. The number of hydrogen-bond donors (Lipinski definition) is 2. The lowest BCUT2D eigenvalue weighted by Crippen LogP contribution is -2.38. The number of aromatic amines is 1.